The average molecular weight is 459 g/mol. The van der Waals surface area contributed by atoms with E-state index in [4.69, 9.17) is 5.73 Å². The maximum Gasteiger partial charge on any atom is 0.416 e. The first kappa shape index (κ1) is 22.4. The van der Waals surface area contributed by atoms with E-state index >= 15 is 0 Å². The van der Waals surface area contributed by atoms with Gasteiger partial charge in [-0.25, -0.2) is 4.98 Å². The Labute approximate surface area is 180 Å². The first-order valence-corrected chi connectivity index (χ1v) is 11.0. The molecule has 1 fully saturated rings. The van der Waals surface area contributed by atoms with Crippen LogP contribution in [0.3, 0.4) is 0 Å². The Morgan fingerprint density at radius 1 is 1.23 bits per heavy atom. The topological polar surface area (TPSA) is 79.5 Å². The molecule has 0 radical (unpaired) electrons. The predicted octanol–water partition coefficient (Wildman–Crippen LogP) is 2.94. The maximum atomic E-state index is 12.9. The fourth-order valence-electron chi connectivity index (χ4n) is 3.09. The molecule has 1 aliphatic rings. The largest absolute Gasteiger partial charge is 0.416 e. The van der Waals surface area contributed by atoms with Crippen LogP contribution in [0.2, 0.25) is 0 Å². The summed E-state index contributed by atoms with van der Waals surface area (Å²) in [6.07, 6.45) is -4.24. The molecule has 162 valence electrons. The third-order valence-corrected chi connectivity index (χ3v) is 6.98. The number of aromatic nitrogens is 1. The van der Waals surface area contributed by atoms with E-state index in [0.717, 1.165) is 22.7 Å². The molecule has 2 N–H and O–H groups in total. The molecule has 11 heteroatoms. The zero-order chi connectivity index (χ0) is 21.9. The number of aryl methyl sites for hydroxylation is 1. The van der Waals surface area contributed by atoms with Crippen LogP contribution in [0.4, 0.5) is 18.9 Å². The van der Waals surface area contributed by atoms with Crippen LogP contribution in [-0.4, -0.2) is 53.6 Å². The van der Waals surface area contributed by atoms with Gasteiger partial charge in [-0.1, -0.05) is 17.8 Å². The lowest BCUT2D eigenvalue weighted by Gasteiger charge is -2.36. The molecule has 1 saturated heterocycles. The minimum Gasteiger partial charge on any atom is -0.369 e. The molecule has 1 aliphatic heterocycles. The molecule has 6 nitrogen and oxygen atoms in total. The second kappa shape index (κ2) is 9.25. The first-order chi connectivity index (χ1) is 14.1. The fourth-order valence-corrected chi connectivity index (χ4v) is 5.24. The summed E-state index contributed by atoms with van der Waals surface area (Å²) in [6, 6.07) is 5.24. The number of alkyl halides is 3. The minimum absolute atomic E-state index is 0.0482. The Hall–Kier alpha value is -2.27. The number of primary amides is 1. The van der Waals surface area contributed by atoms with E-state index in [1.54, 1.807) is 17.9 Å². The number of hydrogen-bond donors (Lipinski definition) is 1. The number of piperazine rings is 1. The molecule has 0 aliphatic carbocycles. The lowest BCUT2D eigenvalue weighted by molar-refractivity contribution is -0.137. The van der Waals surface area contributed by atoms with Crippen LogP contribution in [0.25, 0.3) is 0 Å². The summed E-state index contributed by atoms with van der Waals surface area (Å²) >= 11 is 2.67. The standard InChI is InChI=1S/C19H21F3N4O2S2/c1-12-15(10-16(23)27)30-18(24-12)29-11-17(28)26-7-5-25(6-8-26)14-4-2-3-13(9-14)19(20,21)22/h2-4,9H,5-8,10-11H2,1H3,(H2,23,27). The molecule has 1 aromatic carbocycles. The molecule has 2 aromatic rings. The number of rotatable bonds is 6. The van der Waals surface area contributed by atoms with Crippen molar-refractivity contribution in [3.8, 4) is 0 Å². The van der Waals surface area contributed by atoms with Gasteiger partial charge in [0, 0.05) is 36.7 Å². The van der Waals surface area contributed by atoms with Gasteiger partial charge in [0.2, 0.25) is 11.8 Å². The summed E-state index contributed by atoms with van der Waals surface area (Å²) in [5.41, 5.74) is 5.79. The molecule has 30 heavy (non-hydrogen) atoms. The van der Waals surface area contributed by atoms with Crippen molar-refractivity contribution in [2.45, 2.75) is 23.9 Å². The molecule has 2 amide bonds. The molecule has 0 spiro atoms. The zero-order valence-electron chi connectivity index (χ0n) is 16.2. The molecule has 1 aromatic heterocycles. The number of carbonyl (C=O) groups is 2. The highest BCUT2D eigenvalue weighted by Gasteiger charge is 2.31. The number of carbonyl (C=O) groups excluding carboxylic acids is 2. The van der Waals surface area contributed by atoms with Gasteiger partial charge in [0.25, 0.3) is 0 Å². The highest BCUT2D eigenvalue weighted by atomic mass is 32.2. The van der Waals surface area contributed by atoms with E-state index in [-0.39, 0.29) is 18.1 Å². The molecular weight excluding hydrogens is 437 g/mol. The number of benzene rings is 1. The second-order valence-corrected chi connectivity index (χ2v) is 9.14. The summed E-state index contributed by atoms with van der Waals surface area (Å²) < 4.78 is 39.5. The van der Waals surface area contributed by atoms with Crippen molar-refractivity contribution in [1.82, 2.24) is 9.88 Å². The average Bonchev–Trinajstić information content (AvgIpc) is 3.04. The highest BCUT2D eigenvalue weighted by molar-refractivity contribution is 8.01. The van der Waals surface area contributed by atoms with Crippen molar-refractivity contribution >= 4 is 40.6 Å². The Kier molecular flexibility index (Phi) is 6.91. The van der Waals surface area contributed by atoms with E-state index in [9.17, 15) is 22.8 Å². The van der Waals surface area contributed by atoms with Crippen molar-refractivity contribution in [3.05, 3.63) is 40.4 Å². The van der Waals surface area contributed by atoms with Crippen molar-refractivity contribution in [2.75, 3.05) is 36.8 Å². The van der Waals surface area contributed by atoms with Crippen LogP contribution >= 0.6 is 23.1 Å². The number of thiazole rings is 1. The number of thioether (sulfide) groups is 1. The summed E-state index contributed by atoms with van der Waals surface area (Å²) in [6.45, 7) is 3.63. The van der Waals surface area contributed by atoms with Crippen LogP contribution in [0.1, 0.15) is 16.1 Å². The summed E-state index contributed by atoms with van der Waals surface area (Å²) in [7, 11) is 0. The Bertz CT molecular complexity index is 925. The maximum absolute atomic E-state index is 12.9. The van der Waals surface area contributed by atoms with E-state index in [2.05, 4.69) is 4.98 Å². The van der Waals surface area contributed by atoms with Crippen molar-refractivity contribution < 1.29 is 22.8 Å². The molecule has 0 atom stereocenters. The van der Waals surface area contributed by atoms with Gasteiger partial charge in [0.1, 0.15) is 0 Å². The first-order valence-electron chi connectivity index (χ1n) is 9.21. The second-order valence-electron chi connectivity index (χ2n) is 6.84. The lowest BCUT2D eigenvalue weighted by Crippen LogP contribution is -2.49. The van der Waals surface area contributed by atoms with Gasteiger partial charge in [-0.15, -0.1) is 11.3 Å². The molecule has 0 bridgehead atoms. The Morgan fingerprint density at radius 3 is 2.57 bits per heavy atom. The number of nitrogens with zero attached hydrogens (tertiary/aromatic N) is 3. The van der Waals surface area contributed by atoms with Gasteiger partial charge >= 0.3 is 6.18 Å². The molecule has 3 rings (SSSR count). The normalized spacial score (nSPS) is 14.8. The fraction of sp³-hybridized carbons (Fsp3) is 0.421. The SMILES string of the molecule is Cc1nc(SCC(=O)N2CCN(c3cccc(C(F)(F)F)c3)CC2)sc1CC(N)=O. The van der Waals surface area contributed by atoms with E-state index in [1.807, 2.05) is 4.90 Å². The van der Waals surface area contributed by atoms with Crippen LogP contribution in [0, 0.1) is 6.92 Å². The van der Waals surface area contributed by atoms with Gasteiger partial charge in [-0.2, -0.15) is 13.2 Å². The summed E-state index contributed by atoms with van der Waals surface area (Å²) in [5, 5.41) is 0. The van der Waals surface area contributed by atoms with Gasteiger partial charge in [0.15, 0.2) is 4.34 Å². The van der Waals surface area contributed by atoms with Gasteiger partial charge in [-0.05, 0) is 25.1 Å². The minimum atomic E-state index is -4.38. The zero-order valence-corrected chi connectivity index (χ0v) is 17.9. The van der Waals surface area contributed by atoms with Crippen molar-refractivity contribution in [2.24, 2.45) is 5.73 Å². The molecular formula is C19H21F3N4O2S2. The third-order valence-electron chi connectivity index (χ3n) is 4.70. The predicted molar refractivity (Wildman–Crippen MR) is 111 cm³/mol. The van der Waals surface area contributed by atoms with Gasteiger partial charge < -0.3 is 15.5 Å². The smallest absolute Gasteiger partial charge is 0.369 e. The van der Waals surface area contributed by atoms with Crippen LogP contribution < -0.4 is 10.6 Å². The van der Waals surface area contributed by atoms with Crippen molar-refractivity contribution in [1.29, 1.82) is 0 Å². The van der Waals surface area contributed by atoms with Crippen LogP contribution in [-0.2, 0) is 22.2 Å². The summed E-state index contributed by atoms with van der Waals surface area (Å²) in [5.74, 6) is -0.256. The highest BCUT2D eigenvalue weighted by Crippen LogP contribution is 2.32. The Morgan fingerprint density at radius 2 is 1.93 bits per heavy atom. The van der Waals surface area contributed by atoms with Crippen LogP contribution in [0.15, 0.2) is 28.6 Å². The summed E-state index contributed by atoms with van der Waals surface area (Å²) in [4.78, 5) is 32.3. The number of hydrogen-bond acceptors (Lipinski definition) is 6. The van der Waals surface area contributed by atoms with Gasteiger partial charge in [-0.3, -0.25) is 9.59 Å². The number of anilines is 1. The number of amides is 2. The van der Waals surface area contributed by atoms with Crippen LogP contribution in [0.5, 0.6) is 0 Å². The van der Waals surface area contributed by atoms with E-state index in [1.165, 1.54) is 29.2 Å². The van der Waals surface area contributed by atoms with E-state index < -0.39 is 17.6 Å². The quantitative estimate of drug-likeness (QED) is 0.674. The third kappa shape index (κ3) is 5.66. The molecule has 0 saturated carbocycles. The molecule has 0 unspecified atom stereocenters. The van der Waals surface area contributed by atoms with E-state index in [0.29, 0.717) is 36.2 Å². The lowest BCUT2D eigenvalue weighted by atomic mass is 10.1. The van der Waals surface area contributed by atoms with Gasteiger partial charge in [0.05, 0.1) is 23.4 Å². The number of nitrogens with two attached hydrogens (primary N) is 1. The Balaban J connectivity index is 1.52. The van der Waals surface area contributed by atoms with Crippen molar-refractivity contribution in [3.63, 3.8) is 0 Å². The number of halogens is 3. The molecule has 2 heterocycles. The monoisotopic (exact) mass is 458 g/mol.